The average Bonchev–Trinajstić information content (AvgIpc) is 2.09. The molecule has 0 aromatic rings. The van der Waals surface area contributed by atoms with E-state index in [0.717, 1.165) is 0 Å². The molecular formula is C9H20N2O5S. The summed E-state index contributed by atoms with van der Waals surface area (Å²) in [5, 5.41) is 0. The van der Waals surface area contributed by atoms with E-state index >= 15 is 0 Å². The van der Waals surface area contributed by atoms with Crippen LogP contribution in [0.3, 0.4) is 0 Å². The molecule has 2 N–H and O–H groups in total. The predicted molar refractivity (Wildman–Crippen MR) is 62.8 cm³/mol. The summed E-state index contributed by atoms with van der Waals surface area (Å²) >= 11 is 0. The summed E-state index contributed by atoms with van der Waals surface area (Å²) in [5.41, 5.74) is 0. The standard InChI is InChI=1S/C9H20N2O5S/c1-7(2)15-6-5-10-17(13,14)11-9(12)16-8(3)4/h7-8,10H,5-6H2,1-4H3,(H,11,12). The van der Waals surface area contributed by atoms with Gasteiger partial charge in [-0.15, -0.1) is 0 Å². The van der Waals surface area contributed by atoms with Crippen LogP contribution in [0, 0.1) is 0 Å². The molecule has 7 nitrogen and oxygen atoms in total. The van der Waals surface area contributed by atoms with Crippen molar-refractivity contribution in [2.75, 3.05) is 13.2 Å². The minimum atomic E-state index is -3.88. The predicted octanol–water partition coefficient (Wildman–Crippen LogP) is 0.380. The van der Waals surface area contributed by atoms with Crippen molar-refractivity contribution in [3.8, 4) is 0 Å². The quantitative estimate of drug-likeness (QED) is 0.651. The van der Waals surface area contributed by atoms with Crippen molar-refractivity contribution in [1.29, 1.82) is 0 Å². The minimum Gasteiger partial charge on any atom is -0.446 e. The summed E-state index contributed by atoms with van der Waals surface area (Å²) in [6.07, 6.45) is -1.36. The lowest BCUT2D eigenvalue weighted by atomic mass is 10.5. The summed E-state index contributed by atoms with van der Waals surface area (Å²) in [6, 6.07) is 0. The third kappa shape index (κ3) is 10.0. The molecule has 0 saturated heterocycles. The number of amides is 1. The Morgan fingerprint density at radius 2 is 1.76 bits per heavy atom. The van der Waals surface area contributed by atoms with Gasteiger partial charge in [0.05, 0.1) is 18.8 Å². The van der Waals surface area contributed by atoms with Gasteiger partial charge in [0.1, 0.15) is 0 Å². The zero-order chi connectivity index (χ0) is 13.5. The van der Waals surface area contributed by atoms with Crippen LogP contribution in [0.1, 0.15) is 27.7 Å². The number of hydrogen-bond acceptors (Lipinski definition) is 5. The van der Waals surface area contributed by atoms with Crippen LogP contribution in [0.2, 0.25) is 0 Å². The second-order valence-electron chi connectivity index (χ2n) is 3.87. The molecule has 0 heterocycles. The second-order valence-corrected chi connectivity index (χ2v) is 5.37. The Labute approximate surface area is 102 Å². The van der Waals surface area contributed by atoms with Crippen molar-refractivity contribution in [3.63, 3.8) is 0 Å². The molecule has 0 unspecified atom stereocenters. The normalized spacial score (nSPS) is 11.9. The molecule has 0 radical (unpaired) electrons. The van der Waals surface area contributed by atoms with E-state index in [4.69, 9.17) is 4.74 Å². The van der Waals surface area contributed by atoms with Crippen LogP contribution in [-0.4, -0.2) is 39.9 Å². The van der Waals surface area contributed by atoms with Crippen LogP contribution in [0.4, 0.5) is 4.79 Å². The first kappa shape index (κ1) is 16.1. The molecule has 1 amide bonds. The van der Waals surface area contributed by atoms with Gasteiger partial charge < -0.3 is 9.47 Å². The molecule has 0 saturated carbocycles. The Hall–Kier alpha value is -0.860. The van der Waals surface area contributed by atoms with E-state index in [-0.39, 0.29) is 25.4 Å². The van der Waals surface area contributed by atoms with Gasteiger partial charge in [0, 0.05) is 6.54 Å². The zero-order valence-corrected chi connectivity index (χ0v) is 11.3. The van der Waals surface area contributed by atoms with E-state index in [2.05, 4.69) is 9.46 Å². The van der Waals surface area contributed by atoms with Crippen LogP contribution < -0.4 is 9.44 Å². The van der Waals surface area contributed by atoms with Gasteiger partial charge in [-0.3, -0.25) is 0 Å². The SMILES string of the molecule is CC(C)OCCNS(=O)(=O)NC(=O)OC(C)C. The molecule has 0 aliphatic heterocycles. The molecular weight excluding hydrogens is 248 g/mol. The molecule has 17 heavy (non-hydrogen) atoms. The topological polar surface area (TPSA) is 93.7 Å². The summed E-state index contributed by atoms with van der Waals surface area (Å²) in [6.45, 7) is 7.24. The van der Waals surface area contributed by atoms with Crippen molar-refractivity contribution in [3.05, 3.63) is 0 Å². The number of carbonyl (C=O) groups excluding carboxylic acids is 1. The number of carbonyl (C=O) groups is 1. The summed E-state index contributed by atoms with van der Waals surface area (Å²) in [5.74, 6) is 0. The number of rotatable bonds is 7. The Morgan fingerprint density at radius 3 is 2.24 bits per heavy atom. The maximum absolute atomic E-state index is 11.3. The number of hydrogen-bond donors (Lipinski definition) is 2. The van der Waals surface area contributed by atoms with Gasteiger partial charge in [-0.05, 0) is 27.7 Å². The van der Waals surface area contributed by atoms with Gasteiger partial charge >= 0.3 is 16.3 Å². The fourth-order valence-corrected chi connectivity index (χ4v) is 1.55. The molecule has 102 valence electrons. The lowest BCUT2D eigenvalue weighted by molar-refractivity contribution is 0.0832. The Morgan fingerprint density at radius 1 is 1.18 bits per heavy atom. The maximum Gasteiger partial charge on any atom is 0.422 e. The lowest BCUT2D eigenvalue weighted by Crippen LogP contribution is -2.42. The Kier molecular flexibility index (Phi) is 7.09. The van der Waals surface area contributed by atoms with E-state index in [9.17, 15) is 13.2 Å². The van der Waals surface area contributed by atoms with E-state index < -0.39 is 16.3 Å². The Balaban J connectivity index is 3.92. The van der Waals surface area contributed by atoms with Crippen molar-refractivity contribution >= 4 is 16.3 Å². The van der Waals surface area contributed by atoms with Gasteiger partial charge in [-0.25, -0.2) is 9.52 Å². The maximum atomic E-state index is 11.3. The number of nitrogens with one attached hydrogen (secondary N) is 2. The second kappa shape index (κ2) is 7.46. The molecule has 0 spiro atoms. The molecule has 0 aromatic carbocycles. The first-order chi connectivity index (χ1) is 7.73. The van der Waals surface area contributed by atoms with Crippen LogP contribution in [0.5, 0.6) is 0 Å². The highest BCUT2D eigenvalue weighted by Crippen LogP contribution is 1.90. The fourth-order valence-electron chi connectivity index (χ4n) is 0.855. The van der Waals surface area contributed by atoms with Crippen LogP contribution in [0.15, 0.2) is 0 Å². The fraction of sp³-hybridized carbons (Fsp3) is 0.889. The van der Waals surface area contributed by atoms with Crippen molar-refractivity contribution in [2.45, 2.75) is 39.9 Å². The average molecular weight is 268 g/mol. The van der Waals surface area contributed by atoms with Crippen molar-refractivity contribution < 1.29 is 22.7 Å². The van der Waals surface area contributed by atoms with E-state index in [1.165, 1.54) is 0 Å². The highest BCUT2D eigenvalue weighted by Gasteiger charge is 2.15. The van der Waals surface area contributed by atoms with Crippen LogP contribution in [-0.2, 0) is 19.7 Å². The molecule has 0 aliphatic rings. The minimum absolute atomic E-state index is 0.0263. The first-order valence-electron chi connectivity index (χ1n) is 5.32. The largest absolute Gasteiger partial charge is 0.446 e. The zero-order valence-electron chi connectivity index (χ0n) is 10.5. The highest BCUT2D eigenvalue weighted by atomic mass is 32.2. The summed E-state index contributed by atoms with van der Waals surface area (Å²) in [7, 11) is -3.88. The van der Waals surface area contributed by atoms with Crippen LogP contribution in [0.25, 0.3) is 0 Å². The van der Waals surface area contributed by atoms with Gasteiger partial charge in [-0.1, -0.05) is 0 Å². The van der Waals surface area contributed by atoms with Crippen molar-refractivity contribution in [1.82, 2.24) is 9.44 Å². The third-order valence-electron chi connectivity index (χ3n) is 1.41. The molecule has 8 heteroatoms. The molecule has 0 fully saturated rings. The number of ether oxygens (including phenoxy) is 2. The molecule has 0 aliphatic carbocycles. The first-order valence-corrected chi connectivity index (χ1v) is 6.81. The van der Waals surface area contributed by atoms with Crippen molar-refractivity contribution in [2.24, 2.45) is 0 Å². The Bertz CT molecular complexity index is 326. The monoisotopic (exact) mass is 268 g/mol. The van der Waals surface area contributed by atoms with E-state index in [1.54, 1.807) is 18.6 Å². The summed E-state index contributed by atoms with van der Waals surface area (Å²) < 4.78 is 36.2. The summed E-state index contributed by atoms with van der Waals surface area (Å²) in [4.78, 5) is 11.0. The van der Waals surface area contributed by atoms with Gasteiger partial charge in [0.15, 0.2) is 0 Å². The lowest BCUT2D eigenvalue weighted by Gasteiger charge is -2.11. The third-order valence-corrected chi connectivity index (χ3v) is 2.43. The van der Waals surface area contributed by atoms with E-state index in [1.807, 2.05) is 13.8 Å². The smallest absolute Gasteiger partial charge is 0.422 e. The van der Waals surface area contributed by atoms with Crippen LogP contribution >= 0.6 is 0 Å². The molecule has 0 atom stereocenters. The molecule has 0 rings (SSSR count). The van der Waals surface area contributed by atoms with Gasteiger partial charge in [-0.2, -0.15) is 13.1 Å². The van der Waals surface area contributed by atoms with Gasteiger partial charge in [0.2, 0.25) is 0 Å². The highest BCUT2D eigenvalue weighted by molar-refractivity contribution is 7.88. The molecule has 0 bridgehead atoms. The van der Waals surface area contributed by atoms with E-state index in [0.29, 0.717) is 0 Å². The van der Waals surface area contributed by atoms with Gasteiger partial charge in [0.25, 0.3) is 0 Å². The molecule has 0 aromatic heterocycles.